The van der Waals surface area contributed by atoms with E-state index in [0.29, 0.717) is 57.6 Å². The molecule has 2 aromatic heterocycles. The number of nitrogens with zero attached hydrogens (tertiary/aromatic N) is 4. The SMILES string of the molecule is Cc1cc(COC2CCN(S(=O)(=O)C[C@@H](CCCc3ncccn3)NO)CC2)c2ccccc2n1. The molecule has 0 spiro atoms. The van der Waals surface area contributed by atoms with Gasteiger partial charge in [-0.2, -0.15) is 0 Å². The summed E-state index contributed by atoms with van der Waals surface area (Å²) in [5.74, 6) is 0.566. The third-order valence-corrected chi connectivity index (χ3v) is 8.34. The van der Waals surface area contributed by atoms with Crippen LogP contribution in [0.3, 0.4) is 0 Å². The molecule has 35 heavy (non-hydrogen) atoms. The predicted molar refractivity (Wildman–Crippen MR) is 133 cm³/mol. The monoisotopic (exact) mass is 499 g/mol. The average Bonchev–Trinajstić information content (AvgIpc) is 2.87. The molecule has 4 rings (SSSR count). The van der Waals surface area contributed by atoms with Gasteiger partial charge >= 0.3 is 0 Å². The van der Waals surface area contributed by atoms with Gasteiger partial charge in [-0.1, -0.05) is 18.2 Å². The summed E-state index contributed by atoms with van der Waals surface area (Å²) >= 11 is 0. The van der Waals surface area contributed by atoms with Crippen LogP contribution in [0.1, 0.15) is 42.8 Å². The molecule has 188 valence electrons. The van der Waals surface area contributed by atoms with Crippen LogP contribution in [-0.4, -0.2) is 63.9 Å². The highest BCUT2D eigenvalue weighted by Crippen LogP contribution is 2.23. The van der Waals surface area contributed by atoms with Gasteiger partial charge in [-0.05, 0) is 56.4 Å². The first-order valence-electron chi connectivity index (χ1n) is 12.0. The minimum atomic E-state index is -3.50. The molecule has 0 radical (unpaired) electrons. The van der Waals surface area contributed by atoms with E-state index in [0.717, 1.165) is 22.2 Å². The summed E-state index contributed by atoms with van der Waals surface area (Å²) in [4.78, 5) is 12.9. The van der Waals surface area contributed by atoms with Crippen LogP contribution in [-0.2, 0) is 27.8 Å². The lowest BCUT2D eigenvalue weighted by Gasteiger charge is -2.32. The summed E-state index contributed by atoms with van der Waals surface area (Å²) in [6, 6.07) is 11.3. The Hall–Kier alpha value is -2.50. The molecular formula is C25H33N5O4S. The lowest BCUT2D eigenvalue weighted by Crippen LogP contribution is -2.45. The molecule has 1 saturated heterocycles. The lowest BCUT2D eigenvalue weighted by molar-refractivity contribution is 0.0106. The molecule has 10 heteroatoms. The van der Waals surface area contributed by atoms with Crippen molar-refractivity contribution >= 4 is 20.9 Å². The highest BCUT2D eigenvalue weighted by atomic mass is 32.2. The van der Waals surface area contributed by atoms with Gasteiger partial charge in [-0.25, -0.2) is 28.2 Å². The molecular weight excluding hydrogens is 466 g/mol. The minimum absolute atomic E-state index is 0.00585. The van der Waals surface area contributed by atoms with Crippen LogP contribution in [0.2, 0.25) is 0 Å². The highest BCUT2D eigenvalue weighted by Gasteiger charge is 2.30. The fraction of sp³-hybridized carbons (Fsp3) is 0.480. The number of nitrogens with one attached hydrogen (secondary N) is 1. The second-order valence-corrected chi connectivity index (χ2v) is 11.0. The van der Waals surface area contributed by atoms with Gasteiger partial charge in [0.15, 0.2) is 0 Å². The molecule has 0 aliphatic carbocycles. The zero-order chi connectivity index (χ0) is 24.7. The number of rotatable bonds is 11. The van der Waals surface area contributed by atoms with Gasteiger partial charge in [0.2, 0.25) is 10.0 Å². The first kappa shape index (κ1) is 25.6. The standard InChI is InChI=1S/C25H33N5O4S/c1-19-16-20(23-7-2-3-8-24(23)28-19)17-34-22-10-14-30(15-11-22)35(32,33)18-21(29-31)6-4-9-25-26-12-5-13-27-25/h2-3,5,7-8,12-13,16,21-22,29,31H,4,6,9-11,14-15,17-18H2,1H3/t21-/m1/s1. The van der Waals surface area contributed by atoms with Crippen molar-refractivity contribution in [3.05, 3.63) is 65.9 Å². The first-order chi connectivity index (χ1) is 16.9. The molecule has 0 bridgehead atoms. The van der Waals surface area contributed by atoms with E-state index in [2.05, 4.69) is 20.4 Å². The summed E-state index contributed by atoms with van der Waals surface area (Å²) in [6.07, 6.45) is 6.47. The first-order valence-corrected chi connectivity index (χ1v) is 13.7. The summed E-state index contributed by atoms with van der Waals surface area (Å²) < 4.78 is 33.6. The molecule has 1 aliphatic heterocycles. The van der Waals surface area contributed by atoms with Gasteiger partial charge in [0.25, 0.3) is 0 Å². The summed E-state index contributed by atoms with van der Waals surface area (Å²) in [6.45, 7) is 3.28. The largest absolute Gasteiger partial charge is 0.373 e. The minimum Gasteiger partial charge on any atom is -0.373 e. The zero-order valence-corrected chi connectivity index (χ0v) is 20.8. The molecule has 2 N–H and O–H groups in total. The molecule has 1 aliphatic rings. The number of ether oxygens (including phenoxy) is 1. The van der Waals surface area contributed by atoms with Gasteiger partial charge < -0.3 is 9.94 Å². The Morgan fingerprint density at radius 1 is 1.17 bits per heavy atom. The normalized spacial score (nSPS) is 16.5. The van der Waals surface area contributed by atoms with E-state index in [4.69, 9.17) is 4.74 Å². The Bertz CT molecular complexity index is 1200. The molecule has 0 saturated carbocycles. The number of para-hydroxylation sites is 1. The second kappa shape index (κ2) is 12.0. The number of hydroxylamine groups is 1. The van der Waals surface area contributed by atoms with Gasteiger partial charge in [0, 0.05) is 49.0 Å². The van der Waals surface area contributed by atoms with Crippen molar-refractivity contribution in [2.75, 3.05) is 18.8 Å². The topological polar surface area (TPSA) is 118 Å². The summed E-state index contributed by atoms with van der Waals surface area (Å²) in [5, 5.41) is 10.6. The number of fused-ring (bicyclic) bond motifs is 1. The molecule has 3 aromatic rings. The molecule has 9 nitrogen and oxygen atoms in total. The van der Waals surface area contributed by atoms with Gasteiger partial charge in [-0.3, -0.25) is 4.98 Å². The predicted octanol–water partition coefficient (Wildman–Crippen LogP) is 3.01. The van der Waals surface area contributed by atoms with E-state index in [1.165, 1.54) is 4.31 Å². The highest BCUT2D eigenvalue weighted by molar-refractivity contribution is 7.89. The molecule has 1 fully saturated rings. The average molecular weight is 500 g/mol. The number of pyridine rings is 1. The second-order valence-electron chi connectivity index (χ2n) is 9.01. The van der Waals surface area contributed by atoms with E-state index in [9.17, 15) is 13.6 Å². The van der Waals surface area contributed by atoms with E-state index in [-0.39, 0.29) is 11.9 Å². The lowest BCUT2D eigenvalue weighted by atomic mass is 10.1. The van der Waals surface area contributed by atoms with Crippen molar-refractivity contribution in [1.29, 1.82) is 0 Å². The van der Waals surface area contributed by atoms with Gasteiger partial charge in [0.05, 0.1) is 24.0 Å². The molecule has 3 heterocycles. The Morgan fingerprint density at radius 3 is 2.66 bits per heavy atom. The van der Waals surface area contributed by atoms with Gasteiger partial charge in [0.1, 0.15) is 5.82 Å². The molecule has 0 unspecified atom stereocenters. The van der Waals surface area contributed by atoms with Crippen molar-refractivity contribution < 1.29 is 18.4 Å². The maximum absolute atomic E-state index is 13.0. The third kappa shape index (κ3) is 7.02. The van der Waals surface area contributed by atoms with Crippen LogP contribution in [0.5, 0.6) is 0 Å². The van der Waals surface area contributed by atoms with Crippen LogP contribution in [0.15, 0.2) is 48.8 Å². The van der Waals surface area contributed by atoms with E-state index < -0.39 is 16.1 Å². The molecule has 1 atom stereocenters. The number of hydrogen-bond acceptors (Lipinski definition) is 8. The number of benzene rings is 1. The van der Waals surface area contributed by atoms with Gasteiger partial charge in [-0.15, -0.1) is 0 Å². The quantitative estimate of drug-likeness (QED) is 0.387. The van der Waals surface area contributed by atoms with Crippen LogP contribution in [0, 0.1) is 6.92 Å². The van der Waals surface area contributed by atoms with E-state index in [1.807, 2.05) is 37.3 Å². The van der Waals surface area contributed by atoms with Crippen molar-refractivity contribution in [2.45, 2.75) is 57.8 Å². The third-order valence-electron chi connectivity index (χ3n) is 6.37. The molecule has 0 amide bonds. The number of sulfonamides is 1. The van der Waals surface area contributed by atoms with Crippen molar-refractivity contribution in [3.63, 3.8) is 0 Å². The van der Waals surface area contributed by atoms with Crippen LogP contribution < -0.4 is 5.48 Å². The zero-order valence-electron chi connectivity index (χ0n) is 20.0. The Kier molecular flexibility index (Phi) is 8.74. The summed E-state index contributed by atoms with van der Waals surface area (Å²) in [7, 11) is -3.50. The number of aromatic nitrogens is 3. The van der Waals surface area contributed by atoms with E-state index >= 15 is 0 Å². The van der Waals surface area contributed by atoms with Crippen molar-refractivity contribution in [3.8, 4) is 0 Å². The number of aryl methyl sites for hydroxylation is 2. The maximum Gasteiger partial charge on any atom is 0.215 e. The maximum atomic E-state index is 13.0. The summed E-state index contributed by atoms with van der Waals surface area (Å²) in [5.41, 5.74) is 5.18. The van der Waals surface area contributed by atoms with E-state index in [1.54, 1.807) is 18.5 Å². The number of hydrogen-bond donors (Lipinski definition) is 2. The van der Waals surface area contributed by atoms with Crippen molar-refractivity contribution in [1.82, 2.24) is 24.7 Å². The molecule has 1 aromatic carbocycles. The Balaban J connectivity index is 1.25. The fourth-order valence-electron chi connectivity index (χ4n) is 4.51. The number of piperidine rings is 1. The Morgan fingerprint density at radius 2 is 1.91 bits per heavy atom. The van der Waals surface area contributed by atoms with Crippen LogP contribution in [0.4, 0.5) is 0 Å². The smallest absolute Gasteiger partial charge is 0.215 e. The van der Waals surface area contributed by atoms with Crippen LogP contribution in [0.25, 0.3) is 10.9 Å². The van der Waals surface area contributed by atoms with Crippen molar-refractivity contribution in [2.24, 2.45) is 0 Å². The van der Waals surface area contributed by atoms with Crippen LogP contribution >= 0.6 is 0 Å². The fourth-order valence-corrected chi connectivity index (χ4v) is 6.24. The Labute approximate surface area is 206 Å².